The monoisotopic (exact) mass is 453 g/mol. The molecule has 124 valence electrons. The Morgan fingerprint density at radius 3 is 2.48 bits per heavy atom. The largest absolute Gasteiger partial charge is 0.432 e. The number of carbonyl (C=O) groups excluding carboxylic acids is 2. The molecular formula is C14H11Br2F2NO4. The highest BCUT2D eigenvalue weighted by atomic mass is 79.9. The summed E-state index contributed by atoms with van der Waals surface area (Å²) >= 11 is 6.13. The number of hydrogen-bond acceptors (Lipinski definition) is 5. The molecule has 1 aliphatic rings. The van der Waals surface area contributed by atoms with Crippen molar-refractivity contribution in [3.05, 3.63) is 38.3 Å². The lowest BCUT2D eigenvalue weighted by atomic mass is 10.0. The average molecular weight is 455 g/mol. The van der Waals surface area contributed by atoms with Gasteiger partial charge in [-0.3, -0.25) is 4.79 Å². The van der Waals surface area contributed by atoms with Gasteiger partial charge in [-0.2, -0.15) is 14.7 Å². The first-order valence-corrected chi connectivity index (χ1v) is 8.04. The first kappa shape index (κ1) is 18.0. The van der Waals surface area contributed by atoms with Crippen LogP contribution in [0.25, 0.3) is 0 Å². The van der Waals surface area contributed by atoms with E-state index in [0.29, 0.717) is 0 Å². The lowest BCUT2D eigenvalue weighted by Crippen LogP contribution is -2.20. The molecular weight excluding hydrogens is 444 g/mol. The molecule has 1 aliphatic carbocycles. The van der Waals surface area contributed by atoms with Gasteiger partial charge in [-0.15, -0.1) is 0 Å². The second kappa shape index (κ2) is 7.50. The highest BCUT2D eigenvalue weighted by Gasteiger charge is 2.29. The highest BCUT2D eigenvalue weighted by Crippen LogP contribution is 2.39. The van der Waals surface area contributed by atoms with E-state index in [9.17, 15) is 18.4 Å². The summed E-state index contributed by atoms with van der Waals surface area (Å²) in [7, 11) is 0. The fourth-order valence-corrected chi connectivity index (χ4v) is 3.16. The van der Waals surface area contributed by atoms with Crippen molar-refractivity contribution in [1.82, 2.24) is 0 Å². The Hall–Kier alpha value is -1.32. The molecule has 1 aromatic rings. The summed E-state index contributed by atoms with van der Waals surface area (Å²) < 4.78 is 29.6. The second-order valence-corrected chi connectivity index (χ2v) is 6.42. The first-order chi connectivity index (χ1) is 10.8. The van der Waals surface area contributed by atoms with Crippen molar-refractivity contribution in [3.63, 3.8) is 0 Å². The number of ketones is 1. The van der Waals surface area contributed by atoms with E-state index in [1.165, 1.54) is 18.2 Å². The zero-order valence-corrected chi connectivity index (χ0v) is 14.7. The molecule has 0 aromatic heterocycles. The lowest BCUT2D eigenvalue weighted by molar-refractivity contribution is -0.139. The fourth-order valence-electron chi connectivity index (χ4n) is 1.85. The zero-order valence-electron chi connectivity index (χ0n) is 11.5. The predicted molar refractivity (Wildman–Crippen MR) is 83.9 cm³/mol. The van der Waals surface area contributed by atoms with Crippen LogP contribution in [0.15, 0.2) is 32.7 Å². The summed E-state index contributed by atoms with van der Waals surface area (Å²) in [6.45, 7) is -3.07. The number of benzene rings is 1. The third-order valence-electron chi connectivity index (χ3n) is 3.10. The molecule has 0 radical (unpaired) electrons. The van der Waals surface area contributed by atoms with E-state index in [2.05, 4.69) is 41.4 Å². The van der Waals surface area contributed by atoms with Crippen LogP contribution < -0.4 is 10.6 Å². The molecule has 23 heavy (non-hydrogen) atoms. The number of hydrogen-bond donors (Lipinski definition) is 1. The molecule has 2 N–H and O–H groups in total. The molecule has 9 heteroatoms. The van der Waals surface area contributed by atoms with Crippen molar-refractivity contribution in [1.29, 1.82) is 0 Å². The van der Waals surface area contributed by atoms with E-state index in [0.717, 1.165) is 12.8 Å². The van der Waals surface area contributed by atoms with Crippen molar-refractivity contribution in [2.24, 2.45) is 11.8 Å². The fraction of sp³-hybridized carbons (Fsp3) is 0.286. The van der Waals surface area contributed by atoms with Crippen LogP contribution in [0.1, 0.15) is 23.2 Å². The van der Waals surface area contributed by atoms with Crippen molar-refractivity contribution in [2.45, 2.75) is 19.5 Å². The summed E-state index contributed by atoms with van der Waals surface area (Å²) in [5.41, 5.74) is -0.248. The van der Waals surface area contributed by atoms with Crippen LogP contribution in [0.3, 0.4) is 0 Å². The topological polar surface area (TPSA) is 78.6 Å². The predicted octanol–water partition coefficient (Wildman–Crippen LogP) is 3.75. The van der Waals surface area contributed by atoms with Crippen LogP contribution in [0.5, 0.6) is 5.75 Å². The van der Waals surface area contributed by atoms with Crippen LogP contribution in [-0.2, 0) is 9.63 Å². The molecule has 1 aromatic carbocycles. The number of rotatable bonds is 6. The minimum absolute atomic E-state index is 0.00342. The van der Waals surface area contributed by atoms with Gasteiger partial charge in [0.05, 0.1) is 8.95 Å². The zero-order chi connectivity index (χ0) is 17.1. The number of alkyl halides is 2. The number of ether oxygens (including phenoxy) is 1. The van der Waals surface area contributed by atoms with Gasteiger partial charge in [-0.1, -0.05) is 6.08 Å². The Bertz CT molecular complexity index is 675. The van der Waals surface area contributed by atoms with Gasteiger partial charge in [0.1, 0.15) is 5.57 Å². The van der Waals surface area contributed by atoms with Crippen molar-refractivity contribution in [2.75, 3.05) is 0 Å². The Morgan fingerprint density at radius 1 is 1.30 bits per heavy atom. The van der Waals surface area contributed by atoms with Gasteiger partial charge in [0.25, 0.3) is 0 Å². The van der Waals surface area contributed by atoms with E-state index >= 15 is 0 Å². The first-order valence-electron chi connectivity index (χ1n) is 6.45. The summed E-state index contributed by atoms with van der Waals surface area (Å²) in [5.74, 6) is 3.06. The van der Waals surface area contributed by atoms with E-state index in [1.54, 1.807) is 0 Å². The molecule has 0 aliphatic heterocycles. The van der Waals surface area contributed by atoms with Gasteiger partial charge >= 0.3 is 12.6 Å². The maximum Gasteiger partial charge on any atom is 0.387 e. The second-order valence-electron chi connectivity index (χ2n) is 4.77. The molecule has 0 amide bonds. The van der Waals surface area contributed by atoms with Gasteiger partial charge in [-0.05, 0) is 62.8 Å². The third-order valence-corrected chi connectivity index (χ3v) is 4.51. The van der Waals surface area contributed by atoms with Gasteiger partial charge in [0.2, 0.25) is 5.78 Å². The summed E-state index contributed by atoms with van der Waals surface area (Å²) in [6, 6.07) is 2.75. The van der Waals surface area contributed by atoms with Gasteiger partial charge in [-0.25, -0.2) is 4.79 Å². The Kier molecular flexibility index (Phi) is 5.88. The van der Waals surface area contributed by atoms with E-state index in [4.69, 9.17) is 5.90 Å². The highest BCUT2D eigenvalue weighted by molar-refractivity contribution is 9.11. The normalized spacial score (nSPS) is 14.8. The molecule has 1 fully saturated rings. The number of nitrogens with two attached hydrogens (primary N) is 1. The number of carbonyl (C=O) groups is 2. The van der Waals surface area contributed by atoms with Gasteiger partial charge in [0.15, 0.2) is 5.75 Å². The Balaban J connectivity index is 2.43. The molecule has 2 rings (SSSR count). The van der Waals surface area contributed by atoms with Crippen LogP contribution in [0.2, 0.25) is 0 Å². The standard InChI is InChI=1S/C14H11Br2F2NO4/c15-9-4-3-7(10(16)12(9)22-14(17)18)11(20)8(13(21)23-19)5-6-1-2-6/h3-6,14H,1-2,19H2. The number of Topliss-reactive ketones (excluding diaryl/α,β-unsaturated/α-hetero) is 1. The van der Waals surface area contributed by atoms with E-state index in [-0.39, 0.29) is 31.7 Å². The maximum absolute atomic E-state index is 12.6. The van der Waals surface area contributed by atoms with Gasteiger partial charge < -0.3 is 9.57 Å². The van der Waals surface area contributed by atoms with Gasteiger partial charge in [0, 0.05) is 5.56 Å². The molecule has 0 unspecified atom stereocenters. The molecule has 5 nitrogen and oxygen atoms in total. The Morgan fingerprint density at radius 2 is 1.96 bits per heavy atom. The summed E-state index contributed by atoms with van der Waals surface area (Å²) in [5, 5.41) is 0. The van der Waals surface area contributed by atoms with Crippen molar-refractivity contribution >= 4 is 43.6 Å². The van der Waals surface area contributed by atoms with Crippen LogP contribution in [0.4, 0.5) is 8.78 Å². The molecule has 0 saturated heterocycles. The Labute approximate surface area is 147 Å². The maximum atomic E-state index is 12.6. The van der Waals surface area contributed by atoms with Crippen molar-refractivity contribution in [3.8, 4) is 5.75 Å². The summed E-state index contributed by atoms with van der Waals surface area (Å²) in [6.07, 6.45) is 3.20. The quantitative estimate of drug-likeness (QED) is 0.233. The van der Waals surface area contributed by atoms with Crippen LogP contribution in [-0.4, -0.2) is 18.4 Å². The van der Waals surface area contributed by atoms with E-state index in [1.807, 2.05) is 0 Å². The minimum Gasteiger partial charge on any atom is -0.432 e. The third kappa shape index (κ3) is 4.36. The SMILES string of the molecule is NOC(=O)C(=CC1CC1)C(=O)c1ccc(Br)c(OC(F)F)c1Br. The number of halogens is 4. The number of allylic oxidation sites excluding steroid dienone is 1. The van der Waals surface area contributed by atoms with E-state index < -0.39 is 18.4 Å². The molecule has 1 saturated carbocycles. The van der Waals surface area contributed by atoms with Crippen LogP contribution in [0, 0.1) is 5.92 Å². The lowest BCUT2D eigenvalue weighted by Gasteiger charge is -2.13. The molecule has 0 heterocycles. The average Bonchev–Trinajstić information content (AvgIpc) is 3.31. The van der Waals surface area contributed by atoms with Crippen molar-refractivity contribution < 1.29 is 27.9 Å². The summed E-state index contributed by atoms with van der Waals surface area (Å²) in [4.78, 5) is 28.4. The molecule has 0 atom stereocenters. The smallest absolute Gasteiger partial charge is 0.387 e. The molecule has 0 bridgehead atoms. The minimum atomic E-state index is -3.07. The molecule has 0 spiro atoms. The van der Waals surface area contributed by atoms with Crippen LogP contribution >= 0.6 is 31.9 Å².